The Kier molecular flexibility index (Phi) is 3.57. The lowest BCUT2D eigenvalue weighted by molar-refractivity contribution is -0.141. The van der Waals surface area contributed by atoms with Gasteiger partial charge in [-0.05, 0) is 37.5 Å². The van der Waals surface area contributed by atoms with Crippen LogP contribution in [-0.4, -0.2) is 24.7 Å². The molecule has 2 N–H and O–H groups in total. The Balaban J connectivity index is 2.31. The van der Waals surface area contributed by atoms with Crippen molar-refractivity contribution in [1.29, 1.82) is 0 Å². The summed E-state index contributed by atoms with van der Waals surface area (Å²) in [6, 6.07) is 4.17. The minimum Gasteiger partial charge on any atom is -0.496 e. The smallest absolute Gasteiger partial charge is 0.307 e. The molecule has 0 aromatic heterocycles. The highest BCUT2D eigenvalue weighted by molar-refractivity contribution is 5.71. The molecule has 1 aliphatic rings. The van der Waals surface area contributed by atoms with Gasteiger partial charge in [0.15, 0.2) is 0 Å². The third kappa shape index (κ3) is 2.34. The number of carboxylic acid groups (broad SMARTS) is 1. The molecule has 18 heavy (non-hydrogen) atoms. The summed E-state index contributed by atoms with van der Waals surface area (Å²) in [5.74, 6) is -0.190. The predicted molar refractivity (Wildman–Crippen MR) is 69.0 cm³/mol. The van der Waals surface area contributed by atoms with Crippen molar-refractivity contribution < 1.29 is 14.6 Å². The third-order valence-corrected chi connectivity index (χ3v) is 3.54. The van der Waals surface area contributed by atoms with Gasteiger partial charge in [-0.25, -0.2) is 0 Å². The van der Waals surface area contributed by atoms with Gasteiger partial charge in [0.25, 0.3) is 0 Å². The van der Waals surface area contributed by atoms with Gasteiger partial charge in [0.2, 0.25) is 0 Å². The minimum absolute atomic E-state index is 0.0710. The average molecular weight is 249 g/mol. The van der Waals surface area contributed by atoms with Crippen molar-refractivity contribution >= 4 is 5.97 Å². The Bertz CT molecular complexity index is 470. The number of carboxylic acids is 1. The Morgan fingerprint density at radius 2 is 2.17 bits per heavy atom. The lowest BCUT2D eigenvalue weighted by atomic mass is 9.94. The van der Waals surface area contributed by atoms with Gasteiger partial charge in [-0.15, -0.1) is 0 Å². The SMILES string of the molecule is COc1cc(C)cc(C)c1C1CC(C(=O)O)CN1. The largest absolute Gasteiger partial charge is 0.496 e. The molecule has 0 bridgehead atoms. The highest BCUT2D eigenvalue weighted by atomic mass is 16.5. The first-order valence-corrected chi connectivity index (χ1v) is 6.14. The van der Waals surface area contributed by atoms with Gasteiger partial charge in [-0.1, -0.05) is 6.07 Å². The van der Waals surface area contributed by atoms with Gasteiger partial charge in [-0.3, -0.25) is 4.79 Å². The summed E-state index contributed by atoms with van der Waals surface area (Å²) >= 11 is 0. The van der Waals surface area contributed by atoms with E-state index in [9.17, 15) is 4.79 Å². The lowest BCUT2D eigenvalue weighted by Gasteiger charge is -2.18. The quantitative estimate of drug-likeness (QED) is 0.860. The Hall–Kier alpha value is -1.55. The molecule has 2 unspecified atom stereocenters. The number of ether oxygens (including phenoxy) is 1. The van der Waals surface area contributed by atoms with Crippen LogP contribution in [0.15, 0.2) is 12.1 Å². The highest BCUT2D eigenvalue weighted by Crippen LogP contribution is 2.36. The number of aliphatic carboxylic acids is 1. The molecule has 0 spiro atoms. The first kappa shape index (κ1) is 12.9. The van der Waals surface area contributed by atoms with Crippen LogP contribution in [0.4, 0.5) is 0 Å². The van der Waals surface area contributed by atoms with Crippen molar-refractivity contribution in [3.63, 3.8) is 0 Å². The number of aryl methyl sites for hydroxylation is 2. The van der Waals surface area contributed by atoms with Crippen LogP contribution < -0.4 is 10.1 Å². The molecular weight excluding hydrogens is 230 g/mol. The molecule has 0 aliphatic carbocycles. The van der Waals surface area contributed by atoms with E-state index in [1.165, 1.54) is 0 Å². The number of carbonyl (C=O) groups is 1. The summed E-state index contributed by atoms with van der Waals surface area (Å²) in [5, 5.41) is 12.3. The molecule has 1 aliphatic heterocycles. The van der Waals surface area contributed by atoms with Crippen LogP contribution in [0.5, 0.6) is 5.75 Å². The first-order valence-electron chi connectivity index (χ1n) is 6.14. The van der Waals surface area contributed by atoms with E-state index in [0.717, 1.165) is 22.4 Å². The second-order valence-electron chi connectivity index (χ2n) is 4.93. The van der Waals surface area contributed by atoms with Gasteiger partial charge in [0, 0.05) is 18.2 Å². The second kappa shape index (κ2) is 4.98. The summed E-state index contributed by atoms with van der Waals surface area (Å²) in [6.07, 6.45) is 0.621. The molecule has 1 aromatic carbocycles. The molecule has 2 rings (SSSR count). The van der Waals surface area contributed by atoms with Crippen LogP contribution in [0.1, 0.15) is 29.2 Å². The number of hydrogen-bond donors (Lipinski definition) is 2. The summed E-state index contributed by atoms with van der Waals surface area (Å²) < 4.78 is 5.43. The number of rotatable bonds is 3. The zero-order valence-electron chi connectivity index (χ0n) is 11.0. The van der Waals surface area contributed by atoms with Crippen LogP contribution in [0.2, 0.25) is 0 Å². The van der Waals surface area contributed by atoms with Crippen molar-refractivity contribution in [3.8, 4) is 5.75 Å². The van der Waals surface area contributed by atoms with Crippen molar-refractivity contribution in [2.45, 2.75) is 26.3 Å². The number of methoxy groups -OCH3 is 1. The van der Waals surface area contributed by atoms with Crippen molar-refractivity contribution in [1.82, 2.24) is 5.32 Å². The molecule has 1 fully saturated rings. The molecular formula is C14H19NO3. The normalized spacial score (nSPS) is 23.1. The van der Waals surface area contributed by atoms with Crippen molar-refractivity contribution in [3.05, 3.63) is 28.8 Å². The second-order valence-corrected chi connectivity index (χ2v) is 4.93. The predicted octanol–water partition coefficient (Wildman–Crippen LogP) is 2.05. The lowest BCUT2D eigenvalue weighted by Crippen LogP contribution is -2.18. The van der Waals surface area contributed by atoms with E-state index < -0.39 is 5.97 Å². The highest BCUT2D eigenvalue weighted by Gasteiger charge is 2.32. The van der Waals surface area contributed by atoms with E-state index in [2.05, 4.69) is 11.4 Å². The number of hydrogen-bond acceptors (Lipinski definition) is 3. The van der Waals surface area contributed by atoms with Crippen molar-refractivity contribution in [2.75, 3.05) is 13.7 Å². The van der Waals surface area contributed by atoms with E-state index in [1.54, 1.807) is 7.11 Å². The average Bonchev–Trinajstić information content (AvgIpc) is 2.77. The fraction of sp³-hybridized carbons (Fsp3) is 0.500. The zero-order chi connectivity index (χ0) is 13.3. The fourth-order valence-electron chi connectivity index (χ4n) is 2.70. The van der Waals surface area contributed by atoms with E-state index in [-0.39, 0.29) is 12.0 Å². The molecule has 4 nitrogen and oxygen atoms in total. The first-order chi connectivity index (χ1) is 8.52. The maximum absolute atomic E-state index is 11.0. The molecule has 1 saturated heterocycles. The van der Waals surface area contributed by atoms with Gasteiger partial charge in [-0.2, -0.15) is 0 Å². The minimum atomic E-state index is -0.728. The molecule has 4 heteroatoms. The molecule has 98 valence electrons. The van der Waals surface area contributed by atoms with Crippen LogP contribution in [0.25, 0.3) is 0 Å². The van der Waals surface area contributed by atoms with Crippen LogP contribution in [0.3, 0.4) is 0 Å². The standard InChI is InChI=1S/C14H19NO3/c1-8-4-9(2)13(12(5-8)18-3)11-6-10(7-15-11)14(16)17/h4-5,10-11,15H,6-7H2,1-3H3,(H,16,17). The summed E-state index contributed by atoms with van der Waals surface area (Å²) in [5.41, 5.74) is 3.39. The monoisotopic (exact) mass is 249 g/mol. The van der Waals surface area contributed by atoms with E-state index in [0.29, 0.717) is 13.0 Å². The maximum Gasteiger partial charge on any atom is 0.307 e. The van der Waals surface area contributed by atoms with Gasteiger partial charge in [0.05, 0.1) is 13.0 Å². The fourth-order valence-corrected chi connectivity index (χ4v) is 2.70. The molecule has 1 heterocycles. The summed E-state index contributed by atoms with van der Waals surface area (Å²) in [4.78, 5) is 11.0. The van der Waals surface area contributed by atoms with Crippen LogP contribution in [-0.2, 0) is 4.79 Å². The molecule has 0 saturated carbocycles. The number of nitrogens with one attached hydrogen (secondary N) is 1. The van der Waals surface area contributed by atoms with Crippen LogP contribution >= 0.6 is 0 Å². The molecule has 0 radical (unpaired) electrons. The van der Waals surface area contributed by atoms with E-state index in [4.69, 9.17) is 9.84 Å². The Morgan fingerprint density at radius 3 is 2.72 bits per heavy atom. The van der Waals surface area contributed by atoms with Gasteiger partial charge < -0.3 is 15.2 Å². The molecule has 1 aromatic rings. The van der Waals surface area contributed by atoms with E-state index in [1.807, 2.05) is 19.9 Å². The number of benzene rings is 1. The topological polar surface area (TPSA) is 58.6 Å². The Labute approximate surface area is 107 Å². The maximum atomic E-state index is 11.0. The van der Waals surface area contributed by atoms with E-state index >= 15 is 0 Å². The zero-order valence-corrected chi connectivity index (χ0v) is 11.0. The van der Waals surface area contributed by atoms with Gasteiger partial charge >= 0.3 is 5.97 Å². The molecule has 0 amide bonds. The summed E-state index contributed by atoms with van der Waals surface area (Å²) in [7, 11) is 1.65. The van der Waals surface area contributed by atoms with Crippen molar-refractivity contribution in [2.24, 2.45) is 5.92 Å². The molecule has 2 atom stereocenters. The summed E-state index contributed by atoms with van der Waals surface area (Å²) in [6.45, 7) is 4.60. The van der Waals surface area contributed by atoms with Gasteiger partial charge in [0.1, 0.15) is 5.75 Å². The Morgan fingerprint density at radius 1 is 1.44 bits per heavy atom. The third-order valence-electron chi connectivity index (χ3n) is 3.54. The van der Waals surface area contributed by atoms with Crippen LogP contribution in [0, 0.1) is 19.8 Å².